The second-order valence-electron chi connectivity index (χ2n) is 3.62. The van der Waals surface area contributed by atoms with Crippen molar-refractivity contribution in [3.8, 4) is 16.3 Å². The average molecular weight is 253 g/mol. The number of anilines is 1. The molecule has 2 rings (SSSR count). The van der Waals surface area contributed by atoms with Crippen molar-refractivity contribution in [2.24, 2.45) is 0 Å². The van der Waals surface area contributed by atoms with Crippen molar-refractivity contribution in [2.45, 2.75) is 0 Å². The largest absolute Gasteiger partial charge is 0.494 e. The molecular weight excluding hydrogens is 241 g/mol. The monoisotopic (exact) mass is 253 g/mol. The smallest absolute Gasteiger partial charge is 0.237 e. The van der Waals surface area contributed by atoms with Crippen LogP contribution in [-0.2, 0) is 0 Å². The van der Waals surface area contributed by atoms with Crippen molar-refractivity contribution in [3.05, 3.63) is 24.0 Å². The van der Waals surface area contributed by atoms with Gasteiger partial charge in [-0.1, -0.05) is 6.07 Å². The Morgan fingerprint density at radius 2 is 2.12 bits per heavy atom. The van der Waals surface area contributed by atoms with E-state index in [4.69, 9.17) is 4.74 Å². The lowest BCUT2D eigenvalue weighted by atomic mass is 10.2. The number of halogens is 1. The quantitative estimate of drug-likeness (QED) is 0.842. The number of ether oxygens (including phenoxy) is 1. The summed E-state index contributed by atoms with van der Waals surface area (Å²) in [4.78, 5) is 6.03. The van der Waals surface area contributed by atoms with E-state index in [9.17, 15) is 4.39 Å². The summed E-state index contributed by atoms with van der Waals surface area (Å²) >= 11 is 1.17. The fraction of sp³-hybridized carbons (Fsp3) is 0.273. The van der Waals surface area contributed by atoms with Gasteiger partial charge in [-0.2, -0.15) is 9.36 Å². The second kappa shape index (κ2) is 4.67. The van der Waals surface area contributed by atoms with E-state index in [-0.39, 0.29) is 5.75 Å². The van der Waals surface area contributed by atoms with Crippen molar-refractivity contribution in [1.82, 2.24) is 9.36 Å². The molecule has 6 heteroatoms. The van der Waals surface area contributed by atoms with E-state index >= 15 is 0 Å². The first-order valence-electron chi connectivity index (χ1n) is 4.97. The van der Waals surface area contributed by atoms with E-state index in [0.717, 1.165) is 0 Å². The maximum Gasteiger partial charge on any atom is 0.237 e. The summed E-state index contributed by atoms with van der Waals surface area (Å²) in [6.07, 6.45) is 0. The highest BCUT2D eigenvalue weighted by molar-refractivity contribution is 7.09. The lowest BCUT2D eigenvalue weighted by Crippen LogP contribution is -2.09. The molecule has 0 amide bonds. The molecule has 0 spiro atoms. The summed E-state index contributed by atoms with van der Waals surface area (Å²) in [6, 6.07) is 4.97. The van der Waals surface area contributed by atoms with Gasteiger partial charge in [0.05, 0.1) is 12.7 Å². The third-order valence-electron chi connectivity index (χ3n) is 2.23. The Hall–Kier alpha value is -1.69. The Kier molecular flexibility index (Phi) is 3.23. The van der Waals surface area contributed by atoms with Crippen molar-refractivity contribution in [1.29, 1.82) is 0 Å². The van der Waals surface area contributed by atoms with Crippen LogP contribution in [0.2, 0.25) is 0 Å². The van der Waals surface area contributed by atoms with Gasteiger partial charge < -0.3 is 9.64 Å². The summed E-state index contributed by atoms with van der Waals surface area (Å²) < 4.78 is 23.0. The minimum absolute atomic E-state index is 0.212. The van der Waals surface area contributed by atoms with Crippen molar-refractivity contribution in [2.75, 3.05) is 26.1 Å². The number of hydrogen-bond donors (Lipinski definition) is 0. The Labute approximate surface area is 103 Å². The van der Waals surface area contributed by atoms with Crippen molar-refractivity contribution in [3.63, 3.8) is 0 Å². The van der Waals surface area contributed by atoms with Gasteiger partial charge in [-0.3, -0.25) is 0 Å². The highest BCUT2D eigenvalue weighted by Crippen LogP contribution is 2.30. The molecule has 0 saturated heterocycles. The zero-order valence-electron chi connectivity index (χ0n) is 9.77. The molecular formula is C11H12FN3OS. The van der Waals surface area contributed by atoms with Gasteiger partial charge in [0.1, 0.15) is 5.01 Å². The van der Waals surface area contributed by atoms with E-state index in [0.29, 0.717) is 16.5 Å². The maximum atomic E-state index is 14.0. The van der Waals surface area contributed by atoms with Crippen LogP contribution in [0.3, 0.4) is 0 Å². The number of rotatable bonds is 3. The summed E-state index contributed by atoms with van der Waals surface area (Å²) in [5, 5.41) is 0.546. The normalized spacial score (nSPS) is 10.4. The molecule has 0 fully saturated rings. The molecule has 1 aromatic heterocycles. The summed E-state index contributed by atoms with van der Waals surface area (Å²) in [5.74, 6) is 0.382. The summed E-state index contributed by atoms with van der Waals surface area (Å²) in [5.41, 5.74) is 0.412. The molecule has 90 valence electrons. The highest BCUT2D eigenvalue weighted by Gasteiger charge is 2.14. The standard InChI is InChI=1S/C11H12FN3OS/c1-15(2)11-13-10(17-14-11)7-5-4-6-8(16-3)9(7)12/h4-6H,1-3H3. The Bertz CT molecular complexity index is 527. The molecule has 0 aliphatic carbocycles. The lowest BCUT2D eigenvalue weighted by molar-refractivity contribution is 0.387. The van der Waals surface area contributed by atoms with Crippen LogP contribution in [0.4, 0.5) is 10.3 Å². The van der Waals surface area contributed by atoms with E-state index in [2.05, 4.69) is 9.36 Å². The van der Waals surface area contributed by atoms with Crippen molar-refractivity contribution < 1.29 is 9.13 Å². The van der Waals surface area contributed by atoms with Gasteiger partial charge in [-0.25, -0.2) is 4.39 Å². The fourth-order valence-corrected chi connectivity index (χ4v) is 2.09. The van der Waals surface area contributed by atoms with E-state index in [1.54, 1.807) is 23.1 Å². The van der Waals surface area contributed by atoms with E-state index in [1.807, 2.05) is 14.1 Å². The molecule has 2 aromatic rings. The molecule has 0 aliphatic rings. The summed E-state index contributed by atoms with van der Waals surface area (Å²) in [7, 11) is 5.12. The van der Waals surface area contributed by atoms with Crippen LogP contribution in [0.25, 0.3) is 10.6 Å². The number of benzene rings is 1. The number of nitrogens with zero attached hydrogens (tertiary/aromatic N) is 3. The topological polar surface area (TPSA) is 38.2 Å². The number of methoxy groups -OCH3 is 1. The first-order valence-corrected chi connectivity index (χ1v) is 5.74. The molecule has 0 atom stereocenters. The van der Waals surface area contributed by atoms with Crippen molar-refractivity contribution >= 4 is 17.5 Å². The molecule has 4 nitrogen and oxygen atoms in total. The third-order valence-corrected chi connectivity index (χ3v) is 2.97. The van der Waals surface area contributed by atoms with Gasteiger partial charge >= 0.3 is 0 Å². The van der Waals surface area contributed by atoms with E-state index in [1.165, 1.54) is 18.6 Å². The predicted molar refractivity (Wildman–Crippen MR) is 66.2 cm³/mol. The number of hydrogen-bond acceptors (Lipinski definition) is 5. The first kappa shape index (κ1) is 11.8. The fourth-order valence-electron chi connectivity index (χ4n) is 1.34. The Morgan fingerprint density at radius 1 is 1.35 bits per heavy atom. The van der Waals surface area contributed by atoms with Crippen LogP contribution in [0.15, 0.2) is 18.2 Å². The van der Waals surface area contributed by atoms with Gasteiger partial charge in [0.25, 0.3) is 0 Å². The molecule has 17 heavy (non-hydrogen) atoms. The molecule has 0 N–H and O–H groups in total. The lowest BCUT2D eigenvalue weighted by Gasteiger charge is -2.05. The Balaban J connectivity index is 2.45. The van der Waals surface area contributed by atoms with Crippen LogP contribution in [0.1, 0.15) is 0 Å². The number of aromatic nitrogens is 2. The average Bonchev–Trinajstić information content (AvgIpc) is 2.78. The molecule has 1 aromatic carbocycles. The third kappa shape index (κ3) is 2.21. The zero-order valence-corrected chi connectivity index (χ0v) is 10.6. The second-order valence-corrected chi connectivity index (χ2v) is 4.37. The highest BCUT2D eigenvalue weighted by atomic mass is 32.1. The predicted octanol–water partition coefficient (Wildman–Crippen LogP) is 2.42. The SMILES string of the molecule is COc1cccc(-c2nc(N(C)C)ns2)c1F. The van der Waals surface area contributed by atoms with Crippen LogP contribution in [-0.4, -0.2) is 30.6 Å². The van der Waals surface area contributed by atoms with Gasteiger partial charge in [0.15, 0.2) is 11.6 Å². The van der Waals surface area contributed by atoms with Crippen LogP contribution in [0, 0.1) is 5.82 Å². The minimum Gasteiger partial charge on any atom is -0.494 e. The zero-order chi connectivity index (χ0) is 12.4. The first-order chi connectivity index (χ1) is 8.13. The maximum absolute atomic E-state index is 14.0. The van der Waals surface area contributed by atoms with Gasteiger partial charge in [-0.05, 0) is 23.7 Å². The molecule has 0 aliphatic heterocycles. The van der Waals surface area contributed by atoms with Gasteiger partial charge in [0.2, 0.25) is 5.95 Å². The minimum atomic E-state index is -0.406. The van der Waals surface area contributed by atoms with Crippen LogP contribution >= 0.6 is 11.5 Å². The molecule has 0 saturated carbocycles. The molecule has 0 bridgehead atoms. The van der Waals surface area contributed by atoms with E-state index < -0.39 is 5.82 Å². The summed E-state index contributed by atoms with van der Waals surface area (Å²) in [6.45, 7) is 0. The Morgan fingerprint density at radius 3 is 2.71 bits per heavy atom. The molecule has 0 unspecified atom stereocenters. The van der Waals surface area contributed by atoms with Crippen LogP contribution < -0.4 is 9.64 Å². The van der Waals surface area contributed by atoms with Gasteiger partial charge in [-0.15, -0.1) is 0 Å². The van der Waals surface area contributed by atoms with Crippen LogP contribution in [0.5, 0.6) is 5.75 Å². The molecule has 0 radical (unpaired) electrons. The molecule has 1 heterocycles. The van der Waals surface area contributed by atoms with Gasteiger partial charge in [0, 0.05) is 14.1 Å².